The van der Waals surface area contributed by atoms with Crippen LogP contribution in [-0.4, -0.2) is 11.2 Å². The van der Waals surface area contributed by atoms with E-state index in [1.54, 1.807) is 13.0 Å². The number of nitrogens with two attached hydrogens (primary N) is 1. The maximum absolute atomic E-state index is 9.31. The van der Waals surface area contributed by atoms with E-state index in [2.05, 4.69) is 0 Å². The highest BCUT2D eigenvalue weighted by molar-refractivity contribution is 6.31. The number of rotatable bonds is 2. The topological polar surface area (TPSA) is 46.2 Å². The zero-order valence-electron chi connectivity index (χ0n) is 7.79. The molecule has 0 fully saturated rings. The van der Waals surface area contributed by atoms with Crippen molar-refractivity contribution in [1.29, 1.82) is 0 Å². The van der Waals surface area contributed by atoms with Gasteiger partial charge < -0.3 is 10.8 Å². The maximum Gasteiger partial charge on any atom is 0.0705 e. The van der Waals surface area contributed by atoms with Crippen LogP contribution in [0.4, 0.5) is 0 Å². The third-order valence-corrected chi connectivity index (χ3v) is 2.37. The Bertz CT molecular complexity index is 299. The minimum Gasteiger partial charge on any atom is -0.391 e. The van der Waals surface area contributed by atoms with Crippen molar-refractivity contribution < 1.29 is 5.11 Å². The van der Waals surface area contributed by atoms with Crippen molar-refractivity contribution in [2.24, 2.45) is 5.73 Å². The molecule has 0 aliphatic heterocycles. The summed E-state index contributed by atoms with van der Waals surface area (Å²) in [6.07, 6.45) is -0.584. The van der Waals surface area contributed by atoms with Crippen LogP contribution >= 0.6 is 11.6 Å². The SMILES string of the molecule is Cc1ccc(Cl)c([C@H](N)[C@H](C)O)c1. The summed E-state index contributed by atoms with van der Waals surface area (Å²) in [6.45, 7) is 3.62. The number of aliphatic hydroxyl groups excluding tert-OH is 1. The van der Waals surface area contributed by atoms with Gasteiger partial charge in [-0.2, -0.15) is 0 Å². The first-order chi connectivity index (χ1) is 6.02. The molecule has 72 valence electrons. The Hall–Kier alpha value is -0.570. The molecule has 0 amide bonds. The molecule has 13 heavy (non-hydrogen) atoms. The molecule has 1 aromatic carbocycles. The number of halogens is 1. The van der Waals surface area contributed by atoms with Crippen LogP contribution in [-0.2, 0) is 0 Å². The molecule has 0 saturated heterocycles. The number of aryl methyl sites for hydroxylation is 1. The van der Waals surface area contributed by atoms with Crippen LogP contribution in [0.25, 0.3) is 0 Å². The van der Waals surface area contributed by atoms with E-state index in [1.165, 1.54) is 0 Å². The normalized spacial score (nSPS) is 15.5. The van der Waals surface area contributed by atoms with E-state index in [9.17, 15) is 5.11 Å². The predicted molar refractivity (Wildman–Crippen MR) is 54.8 cm³/mol. The Kier molecular flexibility index (Phi) is 3.31. The van der Waals surface area contributed by atoms with Gasteiger partial charge in [0.05, 0.1) is 12.1 Å². The molecule has 2 nitrogen and oxygen atoms in total. The molecule has 1 rings (SSSR count). The van der Waals surface area contributed by atoms with Gasteiger partial charge in [0.15, 0.2) is 0 Å². The number of hydrogen-bond donors (Lipinski definition) is 2. The third kappa shape index (κ3) is 2.44. The fraction of sp³-hybridized carbons (Fsp3) is 0.400. The number of benzene rings is 1. The van der Waals surface area contributed by atoms with Crippen molar-refractivity contribution in [3.63, 3.8) is 0 Å². The second-order valence-corrected chi connectivity index (χ2v) is 3.70. The van der Waals surface area contributed by atoms with Gasteiger partial charge in [0, 0.05) is 5.02 Å². The van der Waals surface area contributed by atoms with Crippen LogP contribution in [0, 0.1) is 6.92 Å². The summed E-state index contributed by atoms with van der Waals surface area (Å²) in [5.41, 5.74) is 7.67. The summed E-state index contributed by atoms with van der Waals surface area (Å²) >= 11 is 5.94. The highest BCUT2D eigenvalue weighted by Gasteiger charge is 2.14. The van der Waals surface area contributed by atoms with Crippen LogP contribution in [0.15, 0.2) is 18.2 Å². The predicted octanol–water partition coefficient (Wildman–Crippen LogP) is 2.03. The first-order valence-corrected chi connectivity index (χ1v) is 4.60. The Morgan fingerprint density at radius 3 is 2.62 bits per heavy atom. The highest BCUT2D eigenvalue weighted by atomic mass is 35.5. The zero-order chi connectivity index (χ0) is 10.0. The lowest BCUT2D eigenvalue weighted by molar-refractivity contribution is 0.164. The standard InChI is InChI=1S/C10H14ClNO/c1-6-3-4-9(11)8(5-6)10(12)7(2)13/h3-5,7,10,13H,12H2,1-2H3/t7-,10+/m0/s1. The molecule has 0 aromatic heterocycles. The number of hydrogen-bond acceptors (Lipinski definition) is 2. The molecular weight excluding hydrogens is 186 g/mol. The van der Waals surface area contributed by atoms with Crippen molar-refractivity contribution in [3.05, 3.63) is 34.3 Å². The Labute approximate surface area is 83.3 Å². The molecule has 0 radical (unpaired) electrons. The van der Waals surface area contributed by atoms with Crippen LogP contribution in [0.3, 0.4) is 0 Å². The van der Waals surface area contributed by atoms with Gasteiger partial charge in [-0.05, 0) is 25.5 Å². The van der Waals surface area contributed by atoms with Gasteiger partial charge in [0.25, 0.3) is 0 Å². The molecular formula is C10H14ClNO. The van der Waals surface area contributed by atoms with Gasteiger partial charge in [-0.15, -0.1) is 0 Å². The van der Waals surface area contributed by atoms with Gasteiger partial charge in [0.2, 0.25) is 0 Å². The average molecular weight is 200 g/mol. The largest absolute Gasteiger partial charge is 0.391 e. The van der Waals surface area contributed by atoms with Crippen molar-refractivity contribution in [2.75, 3.05) is 0 Å². The summed E-state index contributed by atoms with van der Waals surface area (Å²) in [5.74, 6) is 0. The van der Waals surface area contributed by atoms with Gasteiger partial charge >= 0.3 is 0 Å². The average Bonchev–Trinajstić information content (AvgIpc) is 2.08. The van der Waals surface area contributed by atoms with Crippen molar-refractivity contribution in [2.45, 2.75) is 26.0 Å². The van der Waals surface area contributed by atoms with E-state index in [4.69, 9.17) is 17.3 Å². The zero-order valence-corrected chi connectivity index (χ0v) is 8.55. The van der Waals surface area contributed by atoms with E-state index in [0.717, 1.165) is 11.1 Å². The molecule has 0 unspecified atom stereocenters. The molecule has 3 heteroatoms. The lowest BCUT2D eigenvalue weighted by atomic mass is 10.0. The van der Waals surface area contributed by atoms with E-state index < -0.39 is 12.1 Å². The Morgan fingerprint density at radius 1 is 1.46 bits per heavy atom. The van der Waals surface area contributed by atoms with Gasteiger partial charge in [-0.25, -0.2) is 0 Å². The molecule has 2 atom stereocenters. The second-order valence-electron chi connectivity index (χ2n) is 3.29. The monoisotopic (exact) mass is 199 g/mol. The van der Waals surface area contributed by atoms with E-state index in [0.29, 0.717) is 5.02 Å². The molecule has 0 saturated carbocycles. The van der Waals surface area contributed by atoms with Gasteiger partial charge in [0.1, 0.15) is 0 Å². The fourth-order valence-electron chi connectivity index (χ4n) is 1.18. The third-order valence-electron chi connectivity index (χ3n) is 2.03. The minimum absolute atomic E-state index is 0.410. The molecule has 1 aromatic rings. The summed E-state index contributed by atoms with van der Waals surface area (Å²) in [5, 5.41) is 9.92. The van der Waals surface area contributed by atoms with Crippen molar-refractivity contribution in [3.8, 4) is 0 Å². The molecule has 0 aliphatic carbocycles. The summed E-state index contributed by atoms with van der Waals surface area (Å²) in [4.78, 5) is 0. The first kappa shape index (κ1) is 10.5. The van der Waals surface area contributed by atoms with Crippen molar-refractivity contribution in [1.82, 2.24) is 0 Å². The van der Waals surface area contributed by atoms with Crippen LogP contribution in [0.1, 0.15) is 24.1 Å². The summed E-state index contributed by atoms with van der Waals surface area (Å²) in [6, 6.07) is 5.21. The van der Waals surface area contributed by atoms with E-state index in [1.807, 2.05) is 19.1 Å². The second kappa shape index (κ2) is 4.09. The van der Waals surface area contributed by atoms with Gasteiger partial charge in [-0.1, -0.05) is 29.3 Å². The summed E-state index contributed by atoms with van der Waals surface area (Å²) in [7, 11) is 0. The van der Waals surface area contributed by atoms with Crippen LogP contribution < -0.4 is 5.73 Å². The Balaban J connectivity index is 3.05. The minimum atomic E-state index is -0.584. The summed E-state index contributed by atoms with van der Waals surface area (Å²) < 4.78 is 0. The molecule has 3 N–H and O–H groups in total. The van der Waals surface area contributed by atoms with E-state index >= 15 is 0 Å². The maximum atomic E-state index is 9.31. The molecule has 0 bridgehead atoms. The van der Waals surface area contributed by atoms with Crippen molar-refractivity contribution >= 4 is 11.6 Å². The Morgan fingerprint density at radius 2 is 2.08 bits per heavy atom. The van der Waals surface area contributed by atoms with Gasteiger partial charge in [-0.3, -0.25) is 0 Å². The fourth-order valence-corrected chi connectivity index (χ4v) is 1.42. The molecule has 0 heterocycles. The highest BCUT2D eigenvalue weighted by Crippen LogP contribution is 2.24. The number of aliphatic hydroxyl groups is 1. The lowest BCUT2D eigenvalue weighted by Gasteiger charge is -2.16. The van der Waals surface area contributed by atoms with E-state index in [-0.39, 0.29) is 0 Å². The quantitative estimate of drug-likeness (QED) is 0.766. The molecule has 0 spiro atoms. The van der Waals surface area contributed by atoms with Crippen LogP contribution in [0.2, 0.25) is 5.02 Å². The smallest absolute Gasteiger partial charge is 0.0705 e. The molecule has 0 aliphatic rings. The van der Waals surface area contributed by atoms with Crippen LogP contribution in [0.5, 0.6) is 0 Å². The first-order valence-electron chi connectivity index (χ1n) is 4.22. The lowest BCUT2D eigenvalue weighted by Crippen LogP contribution is -2.23.